The Kier molecular flexibility index (Phi) is 5.39. The van der Waals surface area contributed by atoms with Gasteiger partial charge < -0.3 is 4.90 Å². The van der Waals surface area contributed by atoms with E-state index in [-0.39, 0.29) is 11.9 Å². The molecular weight excluding hydrogens is 240 g/mol. The van der Waals surface area contributed by atoms with Crippen LogP contribution < -0.4 is 4.72 Å². The number of rotatable bonds is 5. The first-order valence-electron chi connectivity index (χ1n) is 6.17. The highest BCUT2D eigenvalue weighted by Gasteiger charge is 2.24. The van der Waals surface area contributed by atoms with Crippen LogP contribution in [0, 0.1) is 0 Å². The molecule has 17 heavy (non-hydrogen) atoms. The van der Waals surface area contributed by atoms with E-state index in [9.17, 15) is 13.2 Å². The van der Waals surface area contributed by atoms with Gasteiger partial charge in [0, 0.05) is 25.6 Å². The zero-order valence-corrected chi connectivity index (χ0v) is 11.4. The zero-order valence-electron chi connectivity index (χ0n) is 10.6. The summed E-state index contributed by atoms with van der Waals surface area (Å²) in [5, 5.41) is 0. The molecule has 1 fully saturated rings. The first kappa shape index (κ1) is 14.4. The molecular formula is C11H22N2O3S. The highest BCUT2D eigenvalue weighted by atomic mass is 32.2. The maximum Gasteiger partial charge on any atom is 0.222 e. The van der Waals surface area contributed by atoms with E-state index in [1.807, 2.05) is 0 Å². The number of hydrogen-bond donors (Lipinski definition) is 1. The lowest BCUT2D eigenvalue weighted by atomic mass is 10.1. The van der Waals surface area contributed by atoms with E-state index in [4.69, 9.17) is 0 Å². The van der Waals surface area contributed by atoms with Crippen LogP contribution in [0.3, 0.4) is 0 Å². The second kappa shape index (κ2) is 6.35. The Hall–Kier alpha value is -0.620. The fraction of sp³-hybridized carbons (Fsp3) is 0.909. The number of nitrogens with zero attached hydrogens (tertiary/aromatic N) is 1. The first-order chi connectivity index (χ1) is 7.92. The number of piperidine rings is 1. The number of nitrogens with one attached hydrogen (secondary N) is 1. The zero-order chi connectivity index (χ0) is 12.9. The fourth-order valence-electron chi connectivity index (χ4n) is 2.09. The average Bonchev–Trinajstić information content (AvgIpc) is 2.24. The summed E-state index contributed by atoms with van der Waals surface area (Å²) in [5.74, 6) is 0.145. The Bertz CT molecular complexity index is 354. The van der Waals surface area contributed by atoms with Crippen LogP contribution in [0.15, 0.2) is 0 Å². The van der Waals surface area contributed by atoms with Crippen LogP contribution in [0.25, 0.3) is 0 Å². The predicted molar refractivity (Wildman–Crippen MR) is 67.1 cm³/mol. The van der Waals surface area contributed by atoms with Gasteiger partial charge in [-0.25, -0.2) is 13.1 Å². The fourth-order valence-corrected chi connectivity index (χ4v) is 2.89. The van der Waals surface area contributed by atoms with Crippen molar-refractivity contribution in [2.45, 2.75) is 45.1 Å². The summed E-state index contributed by atoms with van der Waals surface area (Å²) < 4.78 is 24.8. The van der Waals surface area contributed by atoms with E-state index in [1.54, 1.807) is 4.90 Å². The van der Waals surface area contributed by atoms with E-state index in [0.29, 0.717) is 13.0 Å². The molecule has 1 aliphatic heterocycles. The molecule has 1 N–H and O–H groups in total. The lowest BCUT2D eigenvalue weighted by Crippen LogP contribution is -2.49. The molecule has 0 aromatic heterocycles. The number of unbranched alkanes of at least 4 members (excludes halogenated alkanes) is 1. The second-order valence-electron chi connectivity index (χ2n) is 4.67. The Balaban J connectivity index is 2.46. The minimum absolute atomic E-state index is 0.121. The Morgan fingerprint density at radius 2 is 2.18 bits per heavy atom. The van der Waals surface area contributed by atoms with Gasteiger partial charge in [-0.1, -0.05) is 13.3 Å². The number of likely N-dealkylation sites (tertiary alicyclic amines) is 1. The SMILES string of the molecule is CCCCC(=O)N1CCC[C@@H](NS(C)(=O)=O)C1. The number of hydrogen-bond acceptors (Lipinski definition) is 3. The van der Waals surface area contributed by atoms with Gasteiger partial charge in [0.2, 0.25) is 15.9 Å². The van der Waals surface area contributed by atoms with E-state index in [1.165, 1.54) is 0 Å². The van der Waals surface area contributed by atoms with Gasteiger partial charge in [0.15, 0.2) is 0 Å². The second-order valence-corrected chi connectivity index (χ2v) is 6.45. The molecule has 1 atom stereocenters. The molecule has 0 aromatic carbocycles. The van der Waals surface area contributed by atoms with Crippen molar-refractivity contribution in [1.29, 1.82) is 0 Å². The van der Waals surface area contributed by atoms with Gasteiger partial charge in [-0.05, 0) is 19.3 Å². The molecule has 1 rings (SSSR count). The molecule has 0 unspecified atom stereocenters. The summed E-state index contributed by atoms with van der Waals surface area (Å²) in [6, 6.07) is -0.121. The van der Waals surface area contributed by atoms with Gasteiger partial charge in [0.05, 0.1) is 6.26 Å². The van der Waals surface area contributed by atoms with Crippen LogP contribution in [0.5, 0.6) is 0 Å². The molecule has 0 bridgehead atoms. The van der Waals surface area contributed by atoms with Crippen LogP contribution in [0.4, 0.5) is 0 Å². The third-order valence-corrected chi connectivity index (χ3v) is 3.66. The summed E-state index contributed by atoms with van der Waals surface area (Å²) in [6.45, 7) is 3.32. The Labute approximate surface area is 104 Å². The summed E-state index contributed by atoms with van der Waals surface area (Å²) in [4.78, 5) is 13.6. The quantitative estimate of drug-likeness (QED) is 0.794. The number of sulfonamides is 1. The summed E-state index contributed by atoms with van der Waals surface area (Å²) >= 11 is 0. The van der Waals surface area contributed by atoms with Gasteiger partial charge in [-0.15, -0.1) is 0 Å². The van der Waals surface area contributed by atoms with E-state index in [2.05, 4.69) is 11.6 Å². The molecule has 0 radical (unpaired) electrons. The van der Waals surface area contributed by atoms with Crippen LogP contribution >= 0.6 is 0 Å². The Morgan fingerprint density at radius 1 is 1.47 bits per heavy atom. The highest BCUT2D eigenvalue weighted by Crippen LogP contribution is 2.12. The number of amides is 1. The lowest BCUT2D eigenvalue weighted by Gasteiger charge is -2.32. The van der Waals surface area contributed by atoms with Crippen molar-refractivity contribution in [2.75, 3.05) is 19.3 Å². The van der Waals surface area contributed by atoms with E-state index >= 15 is 0 Å². The van der Waals surface area contributed by atoms with Gasteiger partial charge in [-0.2, -0.15) is 0 Å². The van der Waals surface area contributed by atoms with Crippen LogP contribution in [-0.4, -0.2) is 44.6 Å². The monoisotopic (exact) mass is 262 g/mol. The Morgan fingerprint density at radius 3 is 2.76 bits per heavy atom. The van der Waals surface area contributed by atoms with Gasteiger partial charge in [0.25, 0.3) is 0 Å². The average molecular weight is 262 g/mol. The molecule has 100 valence electrons. The van der Waals surface area contributed by atoms with Crippen molar-refractivity contribution in [3.05, 3.63) is 0 Å². The third kappa shape index (κ3) is 5.50. The van der Waals surface area contributed by atoms with Crippen molar-refractivity contribution in [2.24, 2.45) is 0 Å². The predicted octanol–water partition coefficient (Wildman–Crippen LogP) is 0.717. The van der Waals surface area contributed by atoms with Crippen LogP contribution in [0.1, 0.15) is 39.0 Å². The summed E-state index contributed by atoms with van der Waals surface area (Å²) in [5.41, 5.74) is 0. The highest BCUT2D eigenvalue weighted by molar-refractivity contribution is 7.88. The van der Waals surface area contributed by atoms with Crippen molar-refractivity contribution >= 4 is 15.9 Å². The van der Waals surface area contributed by atoms with E-state index in [0.717, 1.165) is 38.5 Å². The maximum atomic E-state index is 11.8. The largest absolute Gasteiger partial charge is 0.341 e. The third-order valence-electron chi connectivity index (χ3n) is 2.90. The standard InChI is InChI=1S/C11H22N2O3S/c1-3-4-7-11(14)13-8-5-6-10(9-13)12-17(2,15)16/h10,12H,3-9H2,1-2H3/t10-/m1/s1. The van der Waals surface area contributed by atoms with Crippen molar-refractivity contribution in [3.8, 4) is 0 Å². The normalized spacial score (nSPS) is 21.5. The molecule has 0 aliphatic carbocycles. The smallest absolute Gasteiger partial charge is 0.222 e. The number of carbonyl (C=O) groups is 1. The topological polar surface area (TPSA) is 66.5 Å². The molecule has 1 aliphatic rings. The summed E-state index contributed by atoms with van der Waals surface area (Å²) in [6.07, 6.45) is 5.31. The lowest BCUT2D eigenvalue weighted by molar-refractivity contribution is -0.132. The van der Waals surface area contributed by atoms with Gasteiger partial charge in [-0.3, -0.25) is 4.79 Å². The maximum absolute atomic E-state index is 11.8. The van der Waals surface area contributed by atoms with E-state index < -0.39 is 10.0 Å². The molecule has 6 heteroatoms. The molecule has 0 aromatic rings. The molecule has 1 heterocycles. The number of carbonyl (C=O) groups excluding carboxylic acids is 1. The molecule has 1 saturated heterocycles. The molecule has 0 saturated carbocycles. The molecule has 0 spiro atoms. The molecule has 5 nitrogen and oxygen atoms in total. The summed E-state index contributed by atoms with van der Waals surface area (Å²) in [7, 11) is -3.18. The first-order valence-corrected chi connectivity index (χ1v) is 8.06. The van der Waals surface area contributed by atoms with Crippen molar-refractivity contribution in [1.82, 2.24) is 9.62 Å². The van der Waals surface area contributed by atoms with Crippen LogP contribution in [-0.2, 0) is 14.8 Å². The van der Waals surface area contributed by atoms with Gasteiger partial charge >= 0.3 is 0 Å². The van der Waals surface area contributed by atoms with Crippen molar-refractivity contribution in [3.63, 3.8) is 0 Å². The molecule has 1 amide bonds. The minimum atomic E-state index is -3.18. The van der Waals surface area contributed by atoms with Crippen molar-refractivity contribution < 1.29 is 13.2 Å². The minimum Gasteiger partial charge on any atom is -0.341 e. The van der Waals surface area contributed by atoms with Gasteiger partial charge in [0.1, 0.15) is 0 Å². The van der Waals surface area contributed by atoms with Crippen LogP contribution in [0.2, 0.25) is 0 Å².